The standard InChI is InChI=1S/C18H15N5O/c1-24-15-8-7-12(9-13(15)11-5-3-2-4-6-11)16-14(10-19)17(20)23-18(21)22-16/h2-9H,1H3,(H4,20,21,22,23). The minimum Gasteiger partial charge on any atom is -0.496 e. The molecule has 0 bridgehead atoms. The highest BCUT2D eigenvalue weighted by atomic mass is 16.5. The quantitative estimate of drug-likeness (QED) is 0.768. The lowest BCUT2D eigenvalue weighted by Gasteiger charge is -2.12. The van der Waals surface area contributed by atoms with Crippen LogP contribution in [0, 0.1) is 11.3 Å². The van der Waals surface area contributed by atoms with Gasteiger partial charge in [-0.15, -0.1) is 0 Å². The van der Waals surface area contributed by atoms with E-state index in [1.807, 2.05) is 54.6 Å². The molecule has 0 fully saturated rings. The zero-order valence-electron chi connectivity index (χ0n) is 13.0. The Morgan fingerprint density at radius 2 is 1.75 bits per heavy atom. The summed E-state index contributed by atoms with van der Waals surface area (Å²) >= 11 is 0. The second-order valence-corrected chi connectivity index (χ2v) is 5.08. The first kappa shape index (κ1) is 15.3. The molecule has 0 radical (unpaired) electrons. The van der Waals surface area contributed by atoms with Crippen molar-refractivity contribution in [3.63, 3.8) is 0 Å². The van der Waals surface area contributed by atoms with Gasteiger partial charge in [0.25, 0.3) is 0 Å². The maximum absolute atomic E-state index is 9.36. The Labute approximate surface area is 139 Å². The number of nitrogen functional groups attached to an aromatic ring is 2. The van der Waals surface area contributed by atoms with Gasteiger partial charge in [0.2, 0.25) is 5.95 Å². The van der Waals surface area contributed by atoms with Crippen molar-refractivity contribution in [3.05, 3.63) is 54.1 Å². The van der Waals surface area contributed by atoms with E-state index in [2.05, 4.69) is 9.97 Å². The molecule has 118 valence electrons. The SMILES string of the molecule is COc1ccc(-c2nc(N)nc(N)c2C#N)cc1-c1ccccc1. The summed E-state index contributed by atoms with van der Waals surface area (Å²) in [5.41, 5.74) is 14.7. The van der Waals surface area contributed by atoms with Crippen LogP contribution in [0.4, 0.5) is 11.8 Å². The molecule has 0 spiro atoms. The Hall–Kier alpha value is -3.59. The molecule has 1 heterocycles. The summed E-state index contributed by atoms with van der Waals surface area (Å²) in [5, 5.41) is 9.36. The topological polar surface area (TPSA) is 111 Å². The van der Waals surface area contributed by atoms with Gasteiger partial charge in [-0.3, -0.25) is 0 Å². The first-order valence-electron chi connectivity index (χ1n) is 7.21. The molecule has 0 aliphatic heterocycles. The summed E-state index contributed by atoms with van der Waals surface area (Å²) in [4.78, 5) is 8.03. The highest BCUT2D eigenvalue weighted by Gasteiger charge is 2.15. The van der Waals surface area contributed by atoms with Gasteiger partial charge in [-0.05, 0) is 23.8 Å². The van der Waals surface area contributed by atoms with Gasteiger partial charge in [-0.1, -0.05) is 30.3 Å². The monoisotopic (exact) mass is 317 g/mol. The summed E-state index contributed by atoms with van der Waals surface area (Å²) < 4.78 is 5.45. The average molecular weight is 317 g/mol. The molecule has 2 aromatic carbocycles. The number of methoxy groups -OCH3 is 1. The van der Waals surface area contributed by atoms with E-state index in [-0.39, 0.29) is 17.3 Å². The van der Waals surface area contributed by atoms with Crippen molar-refractivity contribution < 1.29 is 4.74 Å². The fourth-order valence-electron chi connectivity index (χ4n) is 2.51. The molecule has 6 nitrogen and oxygen atoms in total. The molecule has 0 aliphatic carbocycles. The summed E-state index contributed by atoms with van der Waals surface area (Å²) in [6.07, 6.45) is 0. The lowest BCUT2D eigenvalue weighted by atomic mass is 9.99. The van der Waals surface area contributed by atoms with Crippen molar-refractivity contribution >= 4 is 11.8 Å². The van der Waals surface area contributed by atoms with Crippen LogP contribution in [0.25, 0.3) is 22.4 Å². The van der Waals surface area contributed by atoms with E-state index in [4.69, 9.17) is 16.2 Å². The van der Waals surface area contributed by atoms with Gasteiger partial charge < -0.3 is 16.2 Å². The molecular formula is C18H15N5O. The molecule has 24 heavy (non-hydrogen) atoms. The number of nitriles is 1. The maximum atomic E-state index is 9.36. The molecule has 3 aromatic rings. The van der Waals surface area contributed by atoms with Crippen molar-refractivity contribution in [2.24, 2.45) is 0 Å². The van der Waals surface area contributed by atoms with E-state index in [1.165, 1.54) is 0 Å². The summed E-state index contributed by atoms with van der Waals surface area (Å²) in [7, 11) is 1.61. The maximum Gasteiger partial charge on any atom is 0.222 e. The number of aromatic nitrogens is 2. The summed E-state index contributed by atoms with van der Waals surface area (Å²) in [6.45, 7) is 0. The molecular weight excluding hydrogens is 302 g/mol. The molecule has 3 rings (SSSR count). The predicted octanol–water partition coefficient (Wildman–Crippen LogP) is 2.86. The summed E-state index contributed by atoms with van der Waals surface area (Å²) in [6, 6.07) is 17.4. The largest absolute Gasteiger partial charge is 0.496 e. The summed E-state index contributed by atoms with van der Waals surface area (Å²) in [5.74, 6) is 0.814. The van der Waals surface area contributed by atoms with Crippen LogP contribution >= 0.6 is 0 Å². The zero-order valence-corrected chi connectivity index (χ0v) is 13.0. The Balaban J connectivity index is 2.24. The third kappa shape index (κ3) is 2.71. The van der Waals surface area contributed by atoms with Crippen molar-refractivity contribution in [1.82, 2.24) is 9.97 Å². The van der Waals surface area contributed by atoms with Gasteiger partial charge in [-0.25, -0.2) is 4.98 Å². The predicted molar refractivity (Wildman–Crippen MR) is 93.0 cm³/mol. The molecule has 0 atom stereocenters. The molecule has 6 heteroatoms. The second kappa shape index (κ2) is 6.26. The van der Waals surface area contributed by atoms with E-state index < -0.39 is 0 Å². The van der Waals surface area contributed by atoms with E-state index in [0.717, 1.165) is 16.9 Å². The Kier molecular flexibility index (Phi) is 4.00. The number of hydrogen-bond acceptors (Lipinski definition) is 6. The lowest BCUT2D eigenvalue weighted by Crippen LogP contribution is -2.05. The van der Waals surface area contributed by atoms with Crippen LogP contribution in [0.3, 0.4) is 0 Å². The van der Waals surface area contributed by atoms with E-state index in [9.17, 15) is 5.26 Å². The number of hydrogen-bond donors (Lipinski definition) is 2. The van der Waals surface area contributed by atoms with Gasteiger partial charge in [0.15, 0.2) is 0 Å². The van der Waals surface area contributed by atoms with Gasteiger partial charge in [0, 0.05) is 11.1 Å². The average Bonchev–Trinajstić information content (AvgIpc) is 2.61. The van der Waals surface area contributed by atoms with Crippen LogP contribution in [0.1, 0.15) is 5.56 Å². The fourth-order valence-corrected chi connectivity index (χ4v) is 2.51. The van der Waals surface area contributed by atoms with Gasteiger partial charge in [0.1, 0.15) is 23.2 Å². The van der Waals surface area contributed by atoms with Crippen molar-refractivity contribution in [2.75, 3.05) is 18.6 Å². The van der Waals surface area contributed by atoms with Gasteiger partial charge in [0.05, 0.1) is 12.8 Å². The van der Waals surface area contributed by atoms with Crippen molar-refractivity contribution in [2.45, 2.75) is 0 Å². The molecule has 1 aromatic heterocycles. The number of ether oxygens (including phenoxy) is 1. The molecule has 4 N–H and O–H groups in total. The number of benzene rings is 2. The second-order valence-electron chi connectivity index (χ2n) is 5.08. The third-order valence-corrected chi connectivity index (χ3v) is 3.62. The number of anilines is 2. The normalized spacial score (nSPS) is 10.2. The Bertz CT molecular complexity index is 932. The lowest BCUT2D eigenvalue weighted by molar-refractivity contribution is 0.416. The van der Waals surface area contributed by atoms with Crippen molar-refractivity contribution in [3.8, 4) is 34.2 Å². The van der Waals surface area contributed by atoms with Crippen LogP contribution < -0.4 is 16.2 Å². The highest BCUT2D eigenvalue weighted by molar-refractivity contribution is 5.80. The minimum atomic E-state index is 0.0265. The zero-order chi connectivity index (χ0) is 17.1. The van der Waals surface area contributed by atoms with Crippen LogP contribution in [-0.4, -0.2) is 17.1 Å². The first-order chi connectivity index (χ1) is 11.6. The van der Waals surface area contributed by atoms with Gasteiger partial charge >= 0.3 is 0 Å². The molecule has 0 saturated carbocycles. The third-order valence-electron chi connectivity index (χ3n) is 3.62. The fraction of sp³-hybridized carbons (Fsp3) is 0.0556. The van der Waals surface area contributed by atoms with Crippen molar-refractivity contribution in [1.29, 1.82) is 5.26 Å². The van der Waals surface area contributed by atoms with E-state index >= 15 is 0 Å². The van der Waals surface area contributed by atoms with Crippen LogP contribution in [0.5, 0.6) is 5.75 Å². The first-order valence-corrected chi connectivity index (χ1v) is 7.21. The van der Waals surface area contributed by atoms with Crippen LogP contribution in [-0.2, 0) is 0 Å². The Morgan fingerprint density at radius 1 is 1.00 bits per heavy atom. The molecule has 0 aliphatic rings. The van der Waals surface area contributed by atoms with E-state index in [1.54, 1.807) is 7.11 Å². The molecule has 0 saturated heterocycles. The van der Waals surface area contributed by atoms with Crippen LogP contribution in [0.15, 0.2) is 48.5 Å². The Morgan fingerprint density at radius 3 is 2.42 bits per heavy atom. The molecule has 0 unspecified atom stereocenters. The van der Waals surface area contributed by atoms with Crippen LogP contribution in [0.2, 0.25) is 0 Å². The number of nitrogens with zero attached hydrogens (tertiary/aromatic N) is 3. The smallest absolute Gasteiger partial charge is 0.222 e. The molecule has 0 amide bonds. The number of rotatable bonds is 3. The minimum absolute atomic E-state index is 0.0265. The van der Waals surface area contributed by atoms with E-state index in [0.29, 0.717) is 11.3 Å². The number of nitrogens with two attached hydrogens (primary N) is 2. The van der Waals surface area contributed by atoms with Gasteiger partial charge in [-0.2, -0.15) is 10.2 Å². The highest BCUT2D eigenvalue weighted by Crippen LogP contribution is 2.35.